The van der Waals surface area contributed by atoms with E-state index in [4.69, 9.17) is 40.6 Å². The molecule has 2 aromatic rings. The highest BCUT2D eigenvalue weighted by Crippen LogP contribution is 2.36. The minimum Gasteiger partial charge on any atom is -0.271 e. The van der Waals surface area contributed by atoms with E-state index < -0.39 is 0 Å². The molecule has 102 valence electrons. The molecule has 1 aromatic heterocycles. The largest absolute Gasteiger partial charge is 0.271 e. The van der Waals surface area contributed by atoms with E-state index in [9.17, 15) is 4.39 Å². The maximum atomic E-state index is 13.8. The number of benzene rings is 1. The summed E-state index contributed by atoms with van der Waals surface area (Å²) in [7, 11) is 0. The van der Waals surface area contributed by atoms with Crippen molar-refractivity contribution in [3.63, 3.8) is 0 Å². The summed E-state index contributed by atoms with van der Waals surface area (Å²) in [6.45, 7) is 0. The Kier molecular flexibility index (Phi) is 5.06. The lowest BCUT2D eigenvalue weighted by Crippen LogP contribution is -2.29. The van der Waals surface area contributed by atoms with Crippen LogP contribution >= 0.6 is 46.1 Å². The van der Waals surface area contributed by atoms with Gasteiger partial charge in [-0.05, 0) is 24.6 Å². The molecule has 0 aliphatic rings. The molecule has 0 saturated carbocycles. The third-order valence-electron chi connectivity index (χ3n) is 2.73. The van der Waals surface area contributed by atoms with Crippen molar-refractivity contribution >= 4 is 46.1 Å². The SMILES string of the molecule is NNC(Cc1c(F)cccc1Cl)c1cc(Cl)sc1Cl. The molecule has 2 rings (SSSR count). The van der Waals surface area contributed by atoms with E-state index in [1.807, 2.05) is 0 Å². The second-order valence-corrected chi connectivity index (χ2v) is 6.60. The average molecular weight is 340 g/mol. The molecule has 1 aromatic carbocycles. The number of halogens is 4. The first-order valence-corrected chi connectivity index (χ1v) is 7.31. The minimum absolute atomic E-state index is 0.286. The molecule has 0 radical (unpaired) electrons. The summed E-state index contributed by atoms with van der Waals surface area (Å²) in [4.78, 5) is 0. The fraction of sp³-hybridized carbons (Fsp3) is 0.167. The molecule has 19 heavy (non-hydrogen) atoms. The van der Waals surface area contributed by atoms with Crippen molar-refractivity contribution in [1.29, 1.82) is 0 Å². The zero-order chi connectivity index (χ0) is 14.0. The Hall–Kier alpha value is -0.360. The maximum absolute atomic E-state index is 13.8. The van der Waals surface area contributed by atoms with Crippen molar-refractivity contribution in [2.24, 2.45) is 5.84 Å². The summed E-state index contributed by atoms with van der Waals surface area (Å²) >= 11 is 19.2. The highest BCUT2D eigenvalue weighted by Gasteiger charge is 2.20. The summed E-state index contributed by atoms with van der Waals surface area (Å²) in [6.07, 6.45) is 0.286. The van der Waals surface area contributed by atoms with E-state index in [1.165, 1.54) is 17.4 Å². The monoisotopic (exact) mass is 338 g/mol. The Bertz CT molecular complexity index is 568. The molecule has 1 atom stereocenters. The van der Waals surface area contributed by atoms with Gasteiger partial charge in [0, 0.05) is 16.1 Å². The number of hydrazine groups is 1. The van der Waals surface area contributed by atoms with Crippen LogP contribution in [0.25, 0.3) is 0 Å². The molecule has 0 amide bonds. The molecular weight excluding hydrogens is 330 g/mol. The van der Waals surface area contributed by atoms with Crippen molar-refractivity contribution in [2.45, 2.75) is 12.5 Å². The Labute approximate surface area is 129 Å². The second-order valence-electron chi connectivity index (χ2n) is 3.90. The maximum Gasteiger partial charge on any atom is 0.127 e. The topological polar surface area (TPSA) is 38.0 Å². The Morgan fingerprint density at radius 3 is 2.58 bits per heavy atom. The van der Waals surface area contributed by atoms with Crippen molar-refractivity contribution in [3.05, 3.63) is 54.9 Å². The standard InChI is InChI=1S/C12H10Cl3FN2S/c13-8-2-1-3-9(16)6(8)4-10(18-17)7-5-11(14)19-12(7)15/h1-3,5,10,18H,4,17H2. The first-order chi connectivity index (χ1) is 9.02. The van der Waals surface area contributed by atoms with Crippen LogP contribution in [0.5, 0.6) is 0 Å². The summed E-state index contributed by atoms with van der Waals surface area (Å²) in [5, 5.41) is 0.359. The third kappa shape index (κ3) is 3.40. The van der Waals surface area contributed by atoms with Gasteiger partial charge in [-0.2, -0.15) is 0 Å². The van der Waals surface area contributed by atoms with Gasteiger partial charge in [0.1, 0.15) is 5.82 Å². The summed E-state index contributed by atoms with van der Waals surface area (Å²) in [5.74, 6) is 5.15. The third-order valence-corrected chi connectivity index (χ3v) is 4.60. The Morgan fingerprint density at radius 1 is 1.32 bits per heavy atom. The van der Waals surface area contributed by atoms with Gasteiger partial charge in [0.2, 0.25) is 0 Å². The van der Waals surface area contributed by atoms with Crippen LogP contribution < -0.4 is 11.3 Å². The number of nitrogens with one attached hydrogen (secondary N) is 1. The molecule has 2 nitrogen and oxygen atoms in total. The van der Waals surface area contributed by atoms with Crippen LogP contribution in [0.1, 0.15) is 17.2 Å². The number of hydrogen-bond acceptors (Lipinski definition) is 3. The number of hydrogen-bond donors (Lipinski definition) is 2. The van der Waals surface area contributed by atoms with Gasteiger partial charge in [0.05, 0.1) is 14.7 Å². The predicted molar refractivity (Wildman–Crippen MR) is 79.5 cm³/mol. The molecule has 0 spiro atoms. The zero-order valence-corrected chi connectivity index (χ0v) is 12.7. The molecular formula is C12H10Cl3FN2S. The number of rotatable bonds is 4. The van der Waals surface area contributed by atoms with Crippen LogP contribution in [-0.2, 0) is 6.42 Å². The Balaban J connectivity index is 2.32. The highest BCUT2D eigenvalue weighted by molar-refractivity contribution is 7.20. The first kappa shape index (κ1) is 15.0. The summed E-state index contributed by atoms with van der Waals surface area (Å²) < 4.78 is 14.8. The summed E-state index contributed by atoms with van der Waals surface area (Å²) in [6, 6.07) is 5.91. The quantitative estimate of drug-likeness (QED) is 0.631. The van der Waals surface area contributed by atoms with E-state index >= 15 is 0 Å². The van der Waals surface area contributed by atoms with Crippen molar-refractivity contribution in [1.82, 2.24) is 5.43 Å². The van der Waals surface area contributed by atoms with Crippen molar-refractivity contribution in [3.8, 4) is 0 Å². The molecule has 0 aliphatic heterocycles. The van der Waals surface area contributed by atoms with E-state index in [1.54, 1.807) is 18.2 Å². The molecule has 3 N–H and O–H groups in total. The van der Waals surface area contributed by atoms with E-state index in [-0.39, 0.29) is 18.3 Å². The fourth-order valence-electron chi connectivity index (χ4n) is 1.78. The van der Waals surface area contributed by atoms with Gasteiger partial charge in [-0.1, -0.05) is 40.9 Å². The molecule has 1 heterocycles. The number of thiophene rings is 1. The molecule has 0 fully saturated rings. The van der Waals surface area contributed by atoms with E-state index in [0.717, 1.165) is 5.56 Å². The van der Waals surface area contributed by atoms with Gasteiger partial charge in [0.25, 0.3) is 0 Å². The first-order valence-electron chi connectivity index (χ1n) is 5.36. The van der Waals surface area contributed by atoms with E-state index in [0.29, 0.717) is 19.3 Å². The number of nitrogens with two attached hydrogens (primary N) is 1. The highest BCUT2D eigenvalue weighted by atomic mass is 35.5. The van der Waals surface area contributed by atoms with Crippen molar-refractivity contribution < 1.29 is 4.39 Å². The van der Waals surface area contributed by atoms with Crippen LogP contribution in [0.2, 0.25) is 13.7 Å². The van der Waals surface area contributed by atoms with Gasteiger partial charge in [0.15, 0.2) is 0 Å². The smallest absolute Gasteiger partial charge is 0.127 e. The van der Waals surface area contributed by atoms with Gasteiger partial charge in [-0.3, -0.25) is 11.3 Å². The lowest BCUT2D eigenvalue weighted by Gasteiger charge is -2.16. The lowest BCUT2D eigenvalue weighted by molar-refractivity contribution is 0.530. The lowest BCUT2D eigenvalue weighted by atomic mass is 10.0. The van der Waals surface area contributed by atoms with Gasteiger partial charge < -0.3 is 0 Å². The molecule has 0 bridgehead atoms. The van der Waals surface area contributed by atoms with Gasteiger partial charge in [-0.15, -0.1) is 11.3 Å². The van der Waals surface area contributed by atoms with Gasteiger partial charge >= 0.3 is 0 Å². The van der Waals surface area contributed by atoms with Crippen LogP contribution in [-0.4, -0.2) is 0 Å². The Morgan fingerprint density at radius 2 is 2.05 bits per heavy atom. The van der Waals surface area contributed by atoms with Crippen molar-refractivity contribution in [2.75, 3.05) is 0 Å². The van der Waals surface area contributed by atoms with Gasteiger partial charge in [-0.25, -0.2) is 4.39 Å². The molecule has 1 unspecified atom stereocenters. The van der Waals surface area contributed by atoms with Crippen LogP contribution in [0, 0.1) is 5.82 Å². The van der Waals surface area contributed by atoms with Crippen LogP contribution in [0.4, 0.5) is 4.39 Å². The average Bonchev–Trinajstić information content (AvgIpc) is 2.68. The fourth-order valence-corrected chi connectivity index (χ4v) is 3.60. The van der Waals surface area contributed by atoms with E-state index in [2.05, 4.69) is 5.43 Å². The molecule has 0 saturated heterocycles. The molecule has 0 aliphatic carbocycles. The van der Waals surface area contributed by atoms with Crippen LogP contribution in [0.15, 0.2) is 24.3 Å². The zero-order valence-electron chi connectivity index (χ0n) is 9.59. The molecule has 7 heteroatoms. The second kappa shape index (κ2) is 6.39. The minimum atomic E-state index is -0.370. The summed E-state index contributed by atoms with van der Waals surface area (Å²) in [5.41, 5.74) is 3.74. The van der Waals surface area contributed by atoms with Crippen LogP contribution in [0.3, 0.4) is 0 Å². The predicted octanol–water partition coefficient (Wildman–Crippen LogP) is 4.59. The normalized spacial score (nSPS) is 12.7.